The number of fused-ring (bicyclic) bond motifs is 1. The Balaban J connectivity index is 1.99. The minimum absolute atomic E-state index is 0.126. The molecule has 13 nitrogen and oxygen atoms in total. The molecule has 1 aliphatic heterocycles. The van der Waals surface area contributed by atoms with Crippen LogP contribution in [0.4, 0.5) is 5.95 Å². The van der Waals surface area contributed by atoms with Crippen LogP contribution < -0.4 is 15.9 Å². The zero-order chi connectivity index (χ0) is 19.2. The fourth-order valence-corrected chi connectivity index (χ4v) is 3.21. The lowest BCUT2D eigenvalue weighted by Gasteiger charge is -2.14. The van der Waals surface area contributed by atoms with Gasteiger partial charge in [-0.3, -0.25) is 18.9 Å². The molecule has 2 aromatic rings. The highest BCUT2D eigenvalue weighted by Crippen LogP contribution is 2.37. The molecule has 0 aliphatic carbocycles. The molecule has 4 atom stereocenters. The second kappa shape index (κ2) is 6.70. The van der Waals surface area contributed by atoms with Gasteiger partial charge in [0.15, 0.2) is 6.33 Å². The first-order valence-electron chi connectivity index (χ1n) is 7.64. The van der Waals surface area contributed by atoms with Crippen LogP contribution in [0.3, 0.4) is 0 Å². The quantitative estimate of drug-likeness (QED) is 0.231. The number of nitrogen functional groups attached to an aromatic ring is 1. The average molecular weight is 392 g/mol. The van der Waals surface area contributed by atoms with E-state index < -0.39 is 44.5 Å². The number of aliphatic hydroxyl groups excluding tert-OH is 2. The molecule has 26 heavy (non-hydrogen) atoms. The van der Waals surface area contributed by atoms with E-state index in [0.29, 0.717) is 6.54 Å². The average Bonchev–Trinajstić information content (AvgIpc) is 3.04. The van der Waals surface area contributed by atoms with Crippen molar-refractivity contribution in [2.24, 2.45) is 0 Å². The number of aromatic amines is 1. The zero-order valence-corrected chi connectivity index (χ0v) is 14.5. The van der Waals surface area contributed by atoms with Crippen molar-refractivity contribution in [2.75, 3.05) is 12.3 Å². The van der Waals surface area contributed by atoms with E-state index in [-0.39, 0.29) is 17.1 Å². The van der Waals surface area contributed by atoms with Crippen LogP contribution in [0.15, 0.2) is 11.1 Å². The third kappa shape index (κ3) is 3.38. The van der Waals surface area contributed by atoms with E-state index in [0.717, 1.165) is 0 Å². The molecule has 0 aromatic carbocycles. The van der Waals surface area contributed by atoms with Crippen molar-refractivity contribution in [3.05, 3.63) is 16.7 Å². The maximum atomic E-state index is 12.2. The Morgan fingerprint density at radius 1 is 1.46 bits per heavy atom. The van der Waals surface area contributed by atoms with Crippen LogP contribution in [-0.2, 0) is 20.4 Å². The van der Waals surface area contributed by atoms with Crippen molar-refractivity contribution < 1.29 is 38.4 Å². The normalized spacial score (nSPS) is 26.7. The van der Waals surface area contributed by atoms with E-state index in [4.69, 9.17) is 20.3 Å². The number of hydrogen-bond donors (Lipinski definition) is 6. The van der Waals surface area contributed by atoms with Crippen molar-refractivity contribution in [3.8, 4) is 0 Å². The first-order chi connectivity index (χ1) is 12.1. The van der Waals surface area contributed by atoms with Gasteiger partial charge >= 0.3 is 13.5 Å². The van der Waals surface area contributed by atoms with Gasteiger partial charge in [-0.05, 0) is 6.92 Å². The van der Waals surface area contributed by atoms with Crippen LogP contribution in [0.5, 0.6) is 0 Å². The maximum absolute atomic E-state index is 12.2. The molecular weight excluding hydrogens is 373 g/mol. The first-order valence-corrected chi connectivity index (χ1v) is 9.17. The van der Waals surface area contributed by atoms with Gasteiger partial charge in [0.2, 0.25) is 11.7 Å². The molecule has 1 saturated heterocycles. The minimum Gasteiger partial charge on any atom is -0.387 e. The van der Waals surface area contributed by atoms with Crippen molar-refractivity contribution in [2.45, 2.75) is 38.0 Å². The number of hydrogen-bond acceptors (Lipinski definition) is 8. The highest BCUT2D eigenvalue weighted by atomic mass is 31.2. The summed E-state index contributed by atoms with van der Waals surface area (Å²) in [5.74, 6) is -0.139. The van der Waals surface area contributed by atoms with Gasteiger partial charge in [0.05, 0.1) is 13.2 Å². The van der Waals surface area contributed by atoms with E-state index in [1.54, 1.807) is 11.5 Å². The van der Waals surface area contributed by atoms with Gasteiger partial charge in [0, 0.05) is 0 Å². The SMILES string of the molecule is CCn1c[n+]([C@@H]2O[C@H](COP(=O)(O)O)[C@@H](O)[C@H]2O)c2nc(N)[nH]c(=O)c21. The van der Waals surface area contributed by atoms with Crippen molar-refractivity contribution in [1.82, 2.24) is 14.5 Å². The van der Waals surface area contributed by atoms with E-state index >= 15 is 0 Å². The van der Waals surface area contributed by atoms with Crippen LogP contribution in [0.1, 0.15) is 13.2 Å². The molecule has 3 heterocycles. The molecule has 144 valence electrons. The standard InChI is InChI=1S/C12H18N5O8P/c1-2-16-4-17(9-6(16)10(20)15-12(13)14-9)11-8(19)7(18)5(25-11)3-24-26(21,22)23/h4-5,7-8,11,18-19H,2-3H2,1H3,(H4-,13,14,15,20,21,22,23)/p+1/t5-,7-,8-,11-/m1/s1. The van der Waals surface area contributed by atoms with Gasteiger partial charge < -0.3 is 30.5 Å². The molecule has 0 spiro atoms. The summed E-state index contributed by atoms with van der Waals surface area (Å²) in [5, 5.41) is 20.4. The summed E-state index contributed by atoms with van der Waals surface area (Å²) in [7, 11) is -4.77. The third-order valence-electron chi connectivity index (χ3n) is 4.05. The van der Waals surface area contributed by atoms with Crippen molar-refractivity contribution in [3.63, 3.8) is 0 Å². The molecule has 7 N–H and O–H groups in total. The lowest BCUT2D eigenvalue weighted by molar-refractivity contribution is -0.746. The summed E-state index contributed by atoms with van der Waals surface area (Å²) in [6, 6.07) is 0. The Morgan fingerprint density at radius 2 is 2.15 bits per heavy atom. The number of aromatic nitrogens is 4. The number of aliphatic hydroxyl groups is 2. The fraction of sp³-hybridized carbons (Fsp3) is 0.583. The molecule has 0 amide bonds. The van der Waals surface area contributed by atoms with Crippen LogP contribution in [0.25, 0.3) is 11.2 Å². The second-order valence-electron chi connectivity index (χ2n) is 5.76. The number of rotatable bonds is 5. The summed E-state index contributed by atoms with van der Waals surface area (Å²) >= 11 is 0. The number of nitrogens with zero attached hydrogens (tertiary/aromatic N) is 3. The van der Waals surface area contributed by atoms with Crippen LogP contribution in [0, 0.1) is 0 Å². The topological polar surface area (TPSA) is 197 Å². The van der Waals surface area contributed by atoms with E-state index in [1.165, 1.54) is 10.9 Å². The molecule has 0 saturated carbocycles. The van der Waals surface area contributed by atoms with Gasteiger partial charge in [-0.25, -0.2) is 9.13 Å². The molecular formula is C12H19N5O8P+. The molecule has 3 rings (SSSR count). The number of anilines is 1. The Kier molecular flexibility index (Phi) is 4.88. The molecule has 2 aromatic heterocycles. The smallest absolute Gasteiger partial charge is 0.387 e. The number of H-pyrrole nitrogens is 1. The maximum Gasteiger partial charge on any atom is 0.469 e. The molecule has 1 fully saturated rings. The van der Waals surface area contributed by atoms with Crippen LogP contribution in [-0.4, -0.2) is 59.5 Å². The van der Waals surface area contributed by atoms with Gasteiger partial charge in [0.25, 0.3) is 11.5 Å². The summed E-state index contributed by atoms with van der Waals surface area (Å²) in [4.78, 5) is 36.1. The summed E-state index contributed by atoms with van der Waals surface area (Å²) in [6.45, 7) is 1.56. The third-order valence-corrected chi connectivity index (χ3v) is 4.53. The molecule has 0 bridgehead atoms. The molecule has 1 aliphatic rings. The summed E-state index contributed by atoms with van der Waals surface area (Å²) < 4.78 is 23.5. The highest BCUT2D eigenvalue weighted by molar-refractivity contribution is 7.46. The van der Waals surface area contributed by atoms with Crippen molar-refractivity contribution in [1.29, 1.82) is 0 Å². The number of nitrogens with two attached hydrogens (primary N) is 1. The minimum atomic E-state index is -4.77. The Labute approximate surface area is 145 Å². The molecule has 0 radical (unpaired) electrons. The first kappa shape index (κ1) is 18.9. The molecule has 14 heteroatoms. The number of imidazole rings is 1. The van der Waals surface area contributed by atoms with Crippen LogP contribution >= 0.6 is 7.82 Å². The van der Waals surface area contributed by atoms with Crippen LogP contribution in [0.2, 0.25) is 0 Å². The van der Waals surface area contributed by atoms with E-state index in [1.807, 2.05) is 0 Å². The number of phosphoric ester groups is 1. The fourth-order valence-electron chi connectivity index (χ4n) is 2.87. The highest BCUT2D eigenvalue weighted by Gasteiger charge is 2.47. The summed E-state index contributed by atoms with van der Waals surface area (Å²) in [6.07, 6.45) is -3.82. The van der Waals surface area contributed by atoms with Gasteiger partial charge in [-0.2, -0.15) is 0 Å². The molecule has 0 unspecified atom stereocenters. The Bertz CT molecular complexity index is 922. The van der Waals surface area contributed by atoms with E-state index in [9.17, 15) is 19.6 Å². The second-order valence-corrected chi connectivity index (χ2v) is 7.00. The number of aryl methyl sites for hydroxylation is 1. The monoisotopic (exact) mass is 392 g/mol. The van der Waals surface area contributed by atoms with Crippen molar-refractivity contribution >= 4 is 24.9 Å². The predicted molar refractivity (Wildman–Crippen MR) is 84.6 cm³/mol. The van der Waals surface area contributed by atoms with Gasteiger partial charge in [-0.15, -0.1) is 0 Å². The number of ether oxygens (including phenoxy) is 1. The van der Waals surface area contributed by atoms with Gasteiger partial charge in [-0.1, -0.05) is 4.98 Å². The number of phosphoric acid groups is 1. The largest absolute Gasteiger partial charge is 0.469 e. The lowest BCUT2D eigenvalue weighted by atomic mass is 10.1. The number of nitrogens with one attached hydrogen (secondary N) is 1. The zero-order valence-electron chi connectivity index (χ0n) is 13.6. The predicted octanol–water partition coefficient (Wildman–Crippen LogP) is -2.66. The van der Waals surface area contributed by atoms with Gasteiger partial charge in [0.1, 0.15) is 18.3 Å². The Morgan fingerprint density at radius 3 is 2.77 bits per heavy atom. The van der Waals surface area contributed by atoms with E-state index in [2.05, 4.69) is 14.5 Å². The lowest BCUT2D eigenvalue weighted by Crippen LogP contribution is -2.46. The summed E-state index contributed by atoms with van der Waals surface area (Å²) in [5.41, 5.74) is 5.42. The Hall–Kier alpha value is -1.86.